The first-order chi connectivity index (χ1) is 8.18. The number of fused-ring (bicyclic) bond motifs is 5. The highest BCUT2D eigenvalue weighted by Crippen LogP contribution is 2.69. The third-order valence-electron chi connectivity index (χ3n) is 5.12. The first-order valence-corrected chi connectivity index (χ1v) is 8.02. The van der Waals surface area contributed by atoms with Crippen LogP contribution in [0.15, 0.2) is 0 Å². The Kier molecular flexibility index (Phi) is 3.22. The molecule has 5 unspecified atom stereocenters. The normalized spacial score (nSPS) is 43.3. The quantitative estimate of drug-likeness (QED) is 0.614. The highest BCUT2D eigenvalue weighted by Gasteiger charge is 2.67. The predicted molar refractivity (Wildman–Crippen MR) is 71.9 cm³/mol. The molecule has 0 aliphatic heterocycles. The Balaban J connectivity index is 1.40. The van der Waals surface area contributed by atoms with E-state index < -0.39 is 0 Å². The minimum absolute atomic E-state index is 0.360. The van der Waals surface area contributed by atoms with Crippen LogP contribution in [0.2, 0.25) is 0 Å². The van der Waals surface area contributed by atoms with Crippen molar-refractivity contribution in [2.24, 2.45) is 29.6 Å². The van der Waals surface area contributed by atoms with Gasteiger partial charge in [0.2, 0.25) is 5.91 Å². The van der Waals surface area contributed by atoms with Gasteiger partial charge in [-0.05, 0) is 55.8 Å². The summed E-state index contributed by atoms with van der Waals surface area (Å²) in [6.07, 6.45) is 6.46. The maximum atomic E-state index is 12.1. The molecule has 0 spiro atoms. The van der Waals surface area contributed by atoms with E-state index in [9.17, 15) is 4.79 Å². The topological polar surface area (TPSA) is 29.1 Å². The van der Waals surface area contributed by atoms with Crippen molar-refractivity contribution in [3.05, 3.63) is 0 Å². The Bertz CT molecular complexity index is 301. The maximum Gasteiger partial charge on any atom is 0.223 e. The number of rotatable bonds is 5. The summed E-state index contributed by atoms with van der Waals surface area (Å²) in [6.45, 7) is 3.02. The molecule has 3 saturated carbocycles. The lowest BCUT2D eigenvalue weighted by Gasteiger charge is -2.10. The largest absolute Gasteiger partial charge is 0.356 e. The summed E-state index contributed by atoms with van der Waals surface area (Å²) in [7, 11) is 0. The molecule has 96 valence electrons. The van der Waals surface area contributed by atoms with Gasteiger partial charge in [0.15, 0.2) is 0 Å². The summed E-state index contributed by atoms with van der Waals surface area (Å²) in [5, 5.41) is 3.14. The molecule has 3 rings (SSSR count). The number of halogens is 1. The summed E-state index contributed by atoms with van der Waals surface area (Å²) in [6, 6.07) is 0. The molecule has 0 aromatic rings. The zero-order chi connectivity index (χ0) is 12.0. The highest BCUT2D eigenvalue weighted by molar-refractivity contribution is 9.09. The summed E-state index contributed by atoms with van der Waals surface area (Å²) < 4.78 is 0. The first kappa shape index (κ1) is 12.0. The SMILES string of the molecule is CC(Br)CCCNC(=O)C1C2C3CCC(C3)C12. The van der Waals surface area contributed by atoms with E-state index in [4.69, 9.17) is 0 Å². The van der Waals surface area contributed by atoms with Gasteiger partial charge in [-0.1, -0.05) is 22.9 Å². The van der Waals surface area contributed by atoms with Crippen molar-refractivity contribution in [1.82, 2.24) is 5.32 Å². The summed E-state index contributed by atoms with van der Waals surface area (Å²) >= 11 is 3.53. The second kappa shape index (κ2) is 4.56. The molecule has 0 radical (unpaired) electrons. The van der Waals surface area contributed by atoms with Crippen LogP contribution >= 0.6 is 15.9 Å². The van der Waals surface area contributed by atoms with Gasteiger partial charge in [0, 0.05) is 17.3 Å². The average molecular weight is 300 g/mol. The van der Waals surface area contributed by atoms with E-state index in [0.29, 0.717) is 16.7 Å². The molecular weight excluding hydrogens is 278 g/mol. The zero-order valence-electron chi connectivity index (χ0n) is 10.5. The van der Waals surface area contributed by atoms with Crippen LogP contribution in [0.25, 0.3) is 0 Å². The molecule has 1 amide bonds. The summed E-state index contributed by atoms with van der Waals surface area (Å²) in [4.78, 5) is 12.6. The second-order valence-electron chi connectivity index (χ2n) is 6.23. The molecule has 3 heteroatoms. The number of nitrogens with one attached hydrogen (secondary N) is 1. The van der Waals surface area contributed by atoms with Crippen molar-refractivity contribution in [1.29, 1.82) is 0 Å². The van der Waals surface area contributed by atoms with Gasteiger partial charge in [0.25, 0.3) is 0 Å². The molecule has 0 saturated heterocycles. The molecule has 17 heavy (non-hydrogen) atoms. The summed E-state index contributed by atoms with van der Waals surface area (Å²) in [5.41, 5.74) is 0. The third kappa shape index (κ3) is 2.16. The predicted octanol–water partition coefficient (Wildman–Crippen LogP) is 2.96. The van der Waals surface area contributed by atoms with Crippen LogP contribution in [0, 0.1) is 29.6 Å². The molecule has 2 bridgehead atoms. The van der Waals surface area contributed by atoms with Crippen LogP contribution in [-0.2, 0) is 4.79 Å². The molecule has 0 aromatic heterocycles. The second-order valence-corrected chi connectivity index (χ2v) is 7.79. The number of hydrogen-bond acceptors (Lipinski definition) is 1. The van der Waals surface area contributed by atoms with Gasteiger partial charge in [-0.2, -0.15) is 0 Å². The van der Waals surface area contributed by atoms with Crippen LogP contribution < -0.4 is 5.32 Å². The van der Waals surface area contributed by atoms with E-state index in [2.05, 4.69) is 28.2 Å². The molecule has 0 heterocycles. The Labute approximate surface area is 112 Å². The van der Waals surface area contributed by atoms with E-state index in [1.807, 2.05) is 0 Å². The Morgan fingerprint density at radius 2 is 2.00 bits per heavy atom. The Morgan fingerprint density at radius 3 is 2.59 bits per heavy atom. The van der Waals surface area contributed by atoms with E-state index >= 15 is 0 Å². The van der Waals surface area contributed by atoms with E-state index in [0.717, 1.165) is 43.1 Å². The standard InChI is InChI=1S/C14H22BrNO/c1-8(15)3-2-6-16-14(17)13-11-9-4-5-10(7-9)12(11)13/h8-13H,2-7H2,1H3,(H,16,17). The molecule has 3 aliphatic rings. The molecule has 1 N–H and O–H groups in total. The van der Waals surface area contributed by atoms with Crippen molar-refractivity contribution < 1.29 is 4.79 Å². The van der Waals surface area contributed by atoms with Gasteiger partial charge in [0.1, 0.15) is 0 Å². The van der Waals surface area contributed by atoms with Crippen LogP contribution in [0.1, 0.15) is 39.0 Å². The van der Waals surface area contributed by atoms with Gasteiger partial charge < -0.3 is 5.32 Å². The Hall–Kier alpha value is -0.0500. The smallest absolute Gasteiger partial charge is 0.223 e. The van der Waals surface area contributed by atoms with Gasteiger partial charge in [-0.25, -0.2) is 0 Å². The summed E-state index contributed by atoms with van der Waals surface area (Å²) in [5.74, 6) is 4.14. The van der Waals surface area contributed by atoms with Gasteiger partial charge in [-0.3, -0.25) is 4.79 Å². The maximum absolute atomic E-state index is 12.1. The monoisotopic (exact) mass is 299 g/mol. The van der Waals surface area contributed by atoms with E-state index in [1.165, 1.54) is 19.3 Å². The lowest BCUT2D eigenvalue weighted by atomic mass is 10.0. The molecular formula is C14H22BrNO. The lowest BCUT2D eigenvalue weighted by molar-refractivity contribution is -0.123. The minimum Gasteiger partial charge on any atom is -0.356 e. The molecule has 3 aliphatic carbocycles. The molecule has 3 fully saturated rings. The van der Waals surface area contributed by atoms with E-state index in [-0.39, 0.29) is 0 Å². The fraction of sp³-hybridized carbons (Fsp3) is 0.929. The number of carbonyl (C=O) groups excluding carboxylic acids is 1. The molecule has 0 aromatic carbocycles. The number of hydrogen-bond donors (Lipinski definition) is 1. The van der Waals surface area contributed by atoms with E-state index in [1.54, 1.807) is 0 Å². The first-order valence-electron chi connectivity index (χ1n) is 7.10. The molecule has 5 atom stereocenters. The van der Waals surface area contributed by atoms with Crippen molar-refractivity contribution in [3.63, 3.8) is 0 Å². The van der Waals surface area contributed by atoms with Crippen molar-refractivity contribution in [3.8, 4) is 0 Å². The zero-order valence-corrected chi connectivity index (χ0v) is 12.1. The van der Waals surface area contributed by atoms with Crippen LogP contribution in [0.3, 0.4) is 0 Å². The number of amides is 1. The fourth-order valence-corrected chi connectivity index (χ4v) is 4.71. The number of alkyl halides is 1. The van der Waals surface area contributed by atoms with Crippen molar-refractivity contribution >= 4 is 21.8 Å². The lowest BCUT2D eigenvalue weighted by Crippen LogP contribution is -2.28. The minimum atomic E-state index is 0.360. The van der Waals surface area contributed by atoms with Crippen molar-refractivity contribution in [2.75, 3.05) is 6.54 Å². The molecule has 2 nitrogen and oxygen atoms in total. The van der Waals surface area contributed by atoms with Crippen LogP contribution in [-0.4, -0.2) is 17.3 Å². The van der Waals surface area contributed by atoms with Crippen LogP contribution in [0.4, 0.5) is 0 Å². The average Bonchev–Trinajstić information content (AvgIpc) is 2.73. The number of carbonyl (C=O) groups is 1. The third-order valence-corrected chi connectivity index (χ3v) is 5.57. The van der Waals surface area contributed by atoms with Gasteiger partial charge >= 0.3 is 0 Å². The van der Waals surface area contributed by atoms with Gasteiger partial charge in [-0.15, -0.1) is 0 Å². The Morgan fingerprint density at radius 1 is 1.35 bits per heavy atom. The fourth-order valence-electron chi connectivity index (χ4n) is 4.39. The van der Waals surface area contributed by atoms with Crippen LogP contribution in [0.5, 0.6) is 0 Å². The highest BCUT2D eigenvalue weighted by atomic mass is 79.9. The van der Waals surface area contributed by atoms with Gasteiger partial charge in [0.05, 0.1) is 0 Å². The van der Waals surface area contributed by atoms with Crippen molar-refractivity contribution in [2.45, 2.75) is 43.9 Å².